The van der Waals surface area contributed by atoms with Gasteiger partial charge in [-0.1, -0.05) is 12.1 Å². The minimum atomic E-state index is -3.16. The van der Waals surface area contributed by atoms with Gasteiger partial charge >= 0.3 is 0 Å². The zero-order valence-corrected chi connectivity index (χ0v) is 13.8. The Hall–Kier alpha value is -0.690. The molecule has 0 bridgehead atoms. The molecule has 0 aliphatic rings. The third-order valence-electron chi connectivity index (χ3n) is 2.85. The van der Waals surface area contributed by atoms with Crippen LogP contribution in [0, 0.1) is 6.92 Å². The zero-order chi connectivity index (χ0) is 14.2. The maximum absolute atomic E-state index is 11.4. The molecule has 2 aromatic rings. The van der Waals surface area contributed by atoms with Gasteiger partial charge in [-0.2, -0.15) is 0 Å². The van der Waals surface area contributed by atoms with Crippen LogP contribution < -0.4 is 5.73 Å². The fourth-order valence-electron chi connectivity index (χ4n) is 1.72. The topological polar surface area (TPSA) is 60.2 Å². The van der Waals surface area contributed by atoms with Gasteiger partial charge in [0.1, 0.15) is 0 Å². The third kappa shape index (κ3) is 3.25. The van der Waals surface area contributed by atoms with Crippen molar-refractivity contribution in [3.63, 3.8) is 0 Å². The largest absolute Gasteiger partial charge is 0.320 e. The summed E-state index contributed by atoms with van der Waals surface area (Å²) in [7, 11) is -3.16. The fourth-order valence-corrected chi connectivity index (χ4v) is 3.95. The summed E-state index contributed by atoms with van der Waals surface area (Å²) in [6, 6.07) is 8.54. The number of benzene rings is 1. The van der Waals surface area contributed by atoms with E-state index in [9.17, 15) is 8.42 Å². The van der Waals surface area contributed by atoms with Crippen LogP contribution in [0.1, 0.15) is 22.0 Å². The Bertz CT molecular complexity index is 670. The Morgan fingerprint density at radius 2 is 1.84 bits per heavy atom. The lowest BCUT2D eigenvalue weighted by Crippen LogP contribution is -2.10. The summed E-state index contributed by atoms with van der Waals surface area (Å²) in [5, 5.41) is 0. The first kappa shape index (κ1) is 14.7. The summed E-state index contributed by atoms with van der Waals surface area (Å²) in [4.78, 5) is 1.36. The lowest BCUT2D eigenvalue weighted by molar-refractivity contribution is 0.602. The number of hydrogen-bond acceptors (Lipinski definition) is 4. The van der Waals surface area contributed by atoms with Crippen molar-refractivity contribution in [1.29, 1.82) is 0 Å². The molecule has 1 atom stereocenters. The van der Waals surface area contributed by atoms with E-state index in [1.165, 1.54) is 6.26 Å². The lowest BCUT2D eigenvalue weighted by atomic mass is 10.1. The number of hydrogen-bond donors (Lipinski definition) is 1. The van der Waals surface area contributed by atoms with Crippen LogP contribution in [0.25, 0.3) is 0 Å². The summed E-state index contributed by atoms with van der Waals surface area (Å²) >= 11 is 5.08. The van der Waals surface area contributed by atoms with Crippen LogP contribution in [0.3, 0.4) is 0 Å². The number of nitrogens with two attached hydrogens (primary N) is 1. The van der Waals surface area contributed by atoms with E-state index in [0.29, 0.717) is 4.90 Å². The van der Waals surface area contributed by atoms with Gasteiger partial charge < -0.3 is 5.73 Å². The van der Waals surface area contributed by atoms with Gasteiger partial charge in [-0.3, -0.25) is 0 Å². The van der Waals surface area contributed by atoms with Gasteiger partial charge in [0.2, 0.25) is 0 Å². The minimum Gasteiger partial charge on any atom is -0.320 e. The van der Waals surface area contributed by atoms with Crippen molar-refractivity contribution in [3.8, 4) is 0 Å². The second-order valence-electron chi connectivity index (χ2n) is 4.42. The fraction of sp³-hybridized carbons (Fsp3) is 0.231. The normalized spacial score (nSPS) is 13.5. The first-order valence-electron chi connectivity index (χ1n) is 5.60. The van der Waals surface area contributed by atoms with Crippen molar-refractivity contribution in [3.05, 3.63) is 50.1 Å². The van der Waals surface area contributed by atoms with E-state index in [-0.39, 0.29) is 6.04 Å². The van der Waals surface area contributed by atoms with Gasteiger partial charge in [-0.05, 0) is 52.2 Å². The van der Waals surface area contributed by atoms with Gasteiger partial charge in [0.25, 0.3) is 0 Å². The number of aryl methyl sites for hydroxylation is 1. The second-order valence-corrected chi connectivity index (χ2v) is 8.84. The molecule has 1 aromatic carbocycles. The highest BCUT2D eigenvalue weighted by Crippen LogP contribution is 2.33. The van der Waals surface area contributed by atoms with Crippen molar-refractivity contribution >= 4 is 37.1 Å². The molecule has 0 spiro atoms. The van der Waals surface area contributed by atoms with E-state index in [4.69, 9.17) is 5.73 Å². The Kier molecular flexibility index (Phi) is 4.15. The third-order valence-corrected chi connectivity index (χ3v) is 6.20. The maximum atomic E-state index is 11.4. The molecule has 19 heavy (non-hydrogen) atoms. The van der Waals surface area contributed by atoms with Gasteiger partial charge in [0.05, 0.1) is 14.7 Å². The van der Waals surface area contributed by atoms with Crippen molar-refractivity contribution < 1.29 is 8.42 Å². The summed E-state index contributed by atoms with van der Waals surface area (Å²) < 4.78 is 23.9. The molecule has 3 nitrogen and oxygen atoms in total. The molecule has 1 unspecified atom stereocenters. The predicted octanol–water partition coefficient (Wildman–Crippen LogP) is 3.27. The molecule has 0 fully saturated rings. The summed E-state index contributed by atoms with van der Waals surface area (Å²) in [5.41, 5.74) is 8.26. The second kappa shape index (κ2) is 5.36. The zero-order valence-electron chi connectivity index (χ0n) is 10.6. The smallest absolute Gasteiger partial charge is 0.175 e. The van der Waals surface area contributed by atoms with Gasteiger partial charge in [0, 0.05) is 11.1 Å². The van der Waals surface area contributed by atoms with Crippen LogP contribution in [0.2, 0.25) is 0 Å². The van der Waals surface area contributed by atoms with E-state index in [1.807, 2.05) is 13.0 Å². The lowest BCUT2D eigenvalue weighted by Gasteiger charge is -2.10. The van der Waals surface area contributed by atoms with Crippen molar-refractivity contribution in [1.82, 2.24) is 0 Å². The van der Waals surface area contributed by atoms with Crippen LogP contribution in [0.15, 0.2) is 39.0 Å². The number of thiophene rings is 1. The molecule has 0 saturated carbocycles. The van der Waals surface area contributed by atoms with E-state index >= 15 is 0 Å². The average Bonchev–Trinajstić information content (AvgIpc) is 2.68. The quantitative estimate of drug-likeness (QED) is 0.914. The van der Waals surface area contributed by atoms with Gasteiger partial charge in [0.15, 0.2) is 9.84 Å². The molecule has 2 N–H and O–H groups in total. The van der Waals surface area contributed by atoms with Crippen molar-refractivity contribution in [2.24, 2.45) is 5.73 Å². The maximum Gasteiger partial charge on any atom is 0.175 e. The van der Waals surface area contributed by atoms with Crippen LogP contribution >= 0.6 is 27.3 Å². The molecular weight excluding hydrogens is 346 g/mol. The Labute approximate surface area is 125 Å². The molecular formula is C13H14BrNO2S2. The Morgan fingerprint density at radius 3 is 2.26 bits per heavy atom. The molecule has 2 rings (SSSR count). The summed E-state index contributed by atoms with van der Waals surface area (Å²) in [6.45, 7) is 2.02. The van der Waals surface area contributed by atoms with E-state index < -0.39 is 9.84 Å². The van der Waals surface area contributed by atoms with Gasteiger partial charge in [-0.15, -0.1) is 11.3 Å². The molecule has 102 valence electrons. The van der Waals surface area contributed by atoms with Crippen LogP contribution in [0.5, 0.6) is 0 Å². The van der Waals surface area contributed by atoms with Crippen molar-refractivity contribution in [2.45, 2.75) is 17.9 Å². The average molecular weight is 360 g/mol. The van der Waals surface area contributed by atoms with E-state index in [1.54, 1.807) is 35.6 Å². The molecule has 0 radical (unpaired) electrons. The first-order valence-corrected chi connectivity index (χ1v) is 9.10. The molecule has 0 aliphatic carbocycles. The van der Waals surface area contributed by atoms with E-state index in [2.05, 4.69) is 15.9 Å². The SMILES string of the molecule is Cc1cc(C(N)c2ccc(S(C)(=O)=O)cc2)sc1Br. The minimum absolute atomic E-state index is 0.233. The van der Waals surface area contributed by atoms with E-state index in [0.717, 1.165) is 19.8 Å². The molecule has 1 aromatic heterocycles. The molecule has 0 saturated heterocycles. The highest BCUT2D eigenvalue weighted by molar-refractivity contribution is 9.11. The molecule has 1 heterocycles. The monoisotopic (exact) mass is 359 g/mol. The predicted molar refractivity (Wildman–Crippen MR) is 82.3 cm³/mol. The number of rotatable bonds is 3. The molecule has 6 heteroatoms. The van der Waals surface area contributed by atoms with Crippen LogP contribution in [-0.2, 0) is 9.84 Å². The Morgan fingerprint density at radius 1 is 1.26 bits per heavy atom. The Balaban J connectivity index is 2.32. The summed E-state index contributed by atoms with van der Waals surface area (Å²) in [5.74, 6) is 0. The highest BCUT2D eigenvalue weighted by Gasteiger charge is 2.14. The molecule has 0 amide bonds. The number of sulfone groups is 1. The van der Waals surface area contributed by atoms with Crippen LogP contribution in [0.4, 0.5) is 0 Å². The summed E-state index contributed by atoms with van der Waals surface area (Å²) in [6.07, 6.45) is 1.20. The number of halogens is 1. The first-order chi connectivity index (χ1) is 8.79. The van der Waals surface area contributed by atoms with Crippen LogP contribution in [-0.4, -0.2) is 14.7 Å². The van der Waals surface area contributed by atoms with Crippen molar-refractivity contribution in [2.75, 3.05) is 6.26 Å². The molecule has 0 aliphatic heterocycles. The van der Waals surface area contributed by atoms with Gasteiger partial charge in [-0.25, -0.2) is 8.42 Å². The highest BCUT2D eigenvalue weighted by atomic mass is 79.9. The standard InChI is InChI=1S/C13H14BrNO2S2/c1-8-7-11(18-13(8)14)12(15)9-3-5-10(6-4-9)19(2,16)17/h3-7,12H,15H2,1-2H3.